The molecule has 104 valence electrons. The number of aliphatic hydroxyl groups is 1. The van der Waals surface area contributed by atoms with Gasteiger partial charge >= 0.3 is 0 Å². The van der Waals surface area contributed by atoms with Crippen molar-refractivity contribution in [3.8, 4) is 11.8 Å². The van der Waals surface area contributed by atoms with Crippen LogP contribution in [0.15, 0.2) is 18.2 Å². The molecule has 0 fully saturated rings. The van der Waals surface area contributed by atoms with Crippen LogP contribution >= 0.6 is 0 Å². The highest BCUT2D eigenvalue weighted by atomic mass is 19.1. The summed E-state index contributed by atoms with van der Waals surface area (Å²) < 4.78 is 13.5. The lowest BCUT2D eigenvalue weighted by atomic mass is 10.1. The maximum absolute atomic E-state index is 13.5. The first kappa shape index (κ1) is 15.7. The summed E-state index contributed by atoms with van der Waals surface area (Å²) in [4.78, 5) is 2.36. The minimum absolute atomic E-state index is 0.249. The van der Waals surface area contributed by atoms with Crippen molar-refractivity contribution < 1.29 is 9.50 Å². The summed E-state index contributed by atoms with van der Waals surface area (Å²) in [5.74, 6) is 4.80. The molecule has 0 aliphatic rings. The van der Waals surface area contributed by atoms with Crippen LogP contribution in [0.1, 0.15) is 37.8 Å². The van der Waals surface area contributed by atoms with Gasteiger partial charge in [-0.15, -0.1) is 0 Å². The highest BCUT2D eigenvalue weighted by Gasteiger charge is 2.06. The van der Waals surface area contributed by atoms with Gasteiger partial charge in [-0.25, -0.2) is 4.39 Å². The maximum Gasteiger partial charge on any atom is 0.138 e. The summed E-state index contributed by atoms with van der Waals surface area (Å²) in [6, 6.07) is 5.03. The summed E-state index contributed by atoms with van der Waals surface area (Å²) >= 11 is 0. The zero-order valence-electron chi connectivity index (χ0n) is 11.7. The van der Waals surface area contributed by atoms with Gasteiger partial charge in [0.1, 0.15) is 12.4 Å². The Morgan fingerprint density at radius 2 is 1.89 bits per heavy atom. The molecule has 0 bridgehead atoms. The molecule has 1 aromatic rings. The average molecular weight is 263 g/mol. The van der Waals surface area contributed by atoms with Crippen LogP contribution in [0.5, 0.6) is 0 Å². The minimum Gasteiger partial charge on any atom is -0.384 e. The molecule has 0 saturated carbocycles. The van der Waals surface area contributed by atoms with E-state index < -0.39 is 0 Å². The monoisotopic (exact) mass is 263 g/mol. The molecule has 0 radical (unpaired) electrons. The van der Waals surface area contributed by atoms with E-state index in [0.717, 1.165) is 38.0 Å². The van der Waals surface area contributed by atoms with Crippen molar-refractivity contribution in [2.75, 3.05) is 19.7 Å². The molecule has 0 heterocycles. The Hall–Kier alpha value is -1.37. The van der Waals surface area contributed by atoms with Crippen LogP contribution in [0.2, 0.25) is 0 Å². The van der Waals surface area contributed by atoms with Crippen LogP contribution in [0.25, 0.3) is 0 Å². The van der Waals surface area contributed by atoms with Crippen molar-refractivity contribution in [1.82, 2.24) is 4.90 Å². The fourth-order valence-corrected chi connectivity index (χ4v) is 2.06. The molecule has 1 aromatic carbocycles. The number of aliphatic hydroxyl groups excluding tert-OH is 1. The molecule has 0 spiro atoms. The second-order valence-corrected chi connectivity index (χ2v) is 4.55. The van der Waals surface area contributed by atoms with E-state index in [-0.39, 0.29) is 12.4 Å². The predicted octanol–water partition coefficient (Wildman–Crippen LogP) is 2.79. The SMILES string of the molecule is CCCN(CCC)Cc1ccc(F)c(C#CCO)c1. The topological polar surface area (TPSA) is 23.5 Å². The molecule has 1 rings (SSSR count). The summed E-state index contributed by atoms with van der Waals surface area (Å²) in [5, 5.41) is 8.67. The zero-order valence-corrected chi connectivity index (χ0v) is 11.7. The van der Waals surface area contributed by atoms with Crippen LogP contribution in [0.3, 0.4) is 0 Å². The number of hydrogen-bond acceptors (Lipinski definition) is 2. The molecule has 0 atom stereocenters. The fraction of sp³-hybridized carbons (Fsp3) is 0.500. The molecule has 0 saturated heterocycles. The lowest BCUT2D eigenvalue weighted by molar-refractivity contribution is 0.266. The largest absolute Gasteiger partial charge is 0.384 e. The summed E-state index contributed by atoms with van der Waals surface area (Å²) in [6.07, 6.45) is 2.22. The summed E-state index contributed by atoms with van der Waals surface area (Å²) in [7, 11) is 0. The molecule has 3 heteroatoms. The number of rotatable bonds is 6. The summed E-state index contributed by atoms with van der Waals surface area (Å²) in [6.45, 7) is 6.97. The highest BCUT2D eigenvalue weighted by Crippen LogP contribution is 2.12. The van der Waals surface area contributed by atoms with Crippen molar-refractivity contribution in [2.45, 2.75) is 33.2 Å². The molecule has 2 nitrogen and oxygen atoms in total. The second-order valence-electron chi connectivity index (χ2n) is 4.55. The third-order valence-corrected chi connectivity index (χ3v) is 2.82. The van der Waals surface area contributed by atoms with E-state index in [1.165, 1.54) is 6.07 Å². The van der Waals surface area contributed by atoms with E-state index in [9.17, 15) is 4.39 Å². The Balaban J connectivity index is 2.82. The van der Waals surface area contributed by atoms with Gasteiger partial charge in [-0.2, -0.15) is 0 Å². The zero-order chi connectivity index (χ0) is 14.1. The van der Waals surface area contributed by atoms with Gasteiger partial charge in [-0.1, -0.05) is 31.8 Å². The van der Waals surface area contributed by atoms with Gasteiger partial charge < -0.3 is 5.11 Å². The molecule has 0 aliphatic carbocycles. The Labute approximate surface area is 115 Å². The van der Waals surface area contributed by atoms with Gasteiger partial charge in [0.15, 0.2) is 0 Å². The Bertz CT molecular complexity index is 442. The Morgan fingerprint density at radius 1 is 1.21 bits per heavy atom. The van der Waals surface area contributed by atoms with Crippen LogP contribution in [-0.2, 0) is 6.54 Å². The van der Waals surface area contributed by atoms with Crippen LogP contribution < -0.4 is 0 Å². The standard InChI is InChI=1S/C16H22FNO/c1-3-9-18(10-4-2)13-14-7-8-16(17)15(12-14)6-5-11-19/h7-8,12,19H,3-4,9-11,13H2,1-2H3. The number of hydrogen-bond donors (Lipinski definition) is 1. The van der Waals surface area contributed by atoms with E-state index in [1.54, 1.807) is 12.1 Å². The van der Waals surface area contributed by atoms with Crippen molar-refractivity contribution in [1.29, 1.82) is 0 Å². The normalized spacial score (nSPS) is 10.4. The van der Waals surface area contributed by atoms with Crippen molar-refractivity contribution in [3.05, 3.63) is 35.1 Å². The smallest absolute Gasteiger partial charge is 0.138 e. The first-order valence-electron chi connectivity index (χ1n) is 6.81. The van der Waals surface area contributed by atoms with Gasteiger partial charge in [0.05, 0.1) is 5.56 Å². The quantitative estimate of drug-likeness (QED) is 0.798. The van der Waals surface area contributed by atoms with E-state index in [2.05, 4.69) is 30.6 Å². The molecule has 0 aromatic heterocycles. The third-order valence-electron chi connectivity index (χ3n) is 2.82. The van der Waals surface area contributed by atoms with Gasteiger partial charge in [0, 0.05) is 6.54 Å². The number of halogens is 1. The Kier molecular flexibility index (Phi) is 7.17. The molecule has 0 aliphatic heterocycles. The Morgan fingerprint density at radius 3 is 2.47 bits per heavy atom. The van der Waals surface area contributed by atoms with Crippen molar-refractivity contribution >= 4 is 0 Å². The molecule has 1 N–H and O–H groups in total. The lowest BCUT2D eigenvalue weighted by Gasteiger charge is -2.21. The van der Waals surface area contributed by atoms with E-state index >= 15 is 0 Å². The van der Waals surface area contributed by atoms with Crippen LogP contribution in [0, 0.1) is 17.7 Å². The number of nitrogens with zero attached hydrogens (tertiary/aromatic N) is 1. The van der Waals surface area contributed by atoms with Crippen LogP contribution in [-0.4, -0.2) is 29.7 Å². The third kappa shape index (κ3) is 5.42. The molecule has 0 amide bonds. The van der Waals surface area contributed by atoms with E-state index in [4.69, 9.17) is 5.11 Å². The van der Waals surface area contributed by atoms with Gasteiger partial charge in [0.2, 0.25) is 0 Å². The van der Waals surface area contributed by atoms with Crippen LogP contribution in [0.4, 0.5) is 4.39 Å². The van der Waals surface area contributed by atoms with Crippen molar-refractivity contribution in [2.24, 2.45) is 0 Å². The number of benzene rings is 1. The highest BCUT2D eigenvalue weighted by molar-refractivity contribution is 5.38. The molecular formula is C16H22FNO. The summed E-state index contributed by atoms with van der Waals surface area (Å²) in [5.41, 5.74) is 1.42. The van der Waals surface area contributed by atoms with E-state index in [1.807, 2.05) is 0 Å². The maximum atomic E-state index is 13.5. The lowest BCUT2D eigenvalue weighted by Crippen LogP contribution is -2.24. The average Bonchev–Trinajstić information content (AvgIpc) is 2.40. The first-order chi connectivity index (χ1) is 9.21. The predicted molar refractivity (Wildman–Crippen MR) is 76.2 cm³/mol. The minimum atomic E-state index is -0.331. The molecular weight excluding hydrogens is 241 g/mol. The molecule has 0 unspecified atom stereocenters. The molecule has 19 heavy (non-hydrogen) atoms. The second kappa shape index (κ2) is 8.68. The van der Waals surface area contributed by atoms with Gasteiger partial charge in [0.25, 0.3) is 0 Å². The van der Waals surface area contributed by atoms with Gasteiger partial charge in [-0.05, 0) is 43.6 Å². The van der Waals surface area contributed by atoms with Gasteiger partial charge in [-0.3, -0.25) is 4.90 Å². The van der Waals surface area contributed by atoms with E-state index in [0.29, 0.717) is 5.56 Å². The first-order valence-corrected chi connectivity index (χ1v) is 6.81. The fourth-order valence-electron chi connectivity index (χ4n) is 2.06. The van der Waals surface area contributed by atoms with Crippen molar-refractivity contribution in [3.63, 3.8) is 0 Å².